The van der Waals surface area contributed by atoms with Gasteiger partial charge in [0.15, 0.2) is 0 Å². The second-order valence-corrected chi connectivity index (χ2v) is 5.98. The van der Waals surface area contributed by atoms with Gasteiger partial charge in [-0.2, -0.15) is 0 Å². The Morgan fingerprint density at radius 2 is 2.05 bits per heavy atom. The highest BCUT2D eigenvalue weighted by Gasteiger charge is 2.31. The van der Waals surface area contributed by atoms with E-state index in [4.69, 9.17) is 5.73 Å². The standard InChI is InChI=1S/C15H24FN3/c1-15(2)11-19(9-8-18(15)3)14-5-4-12(6-7-17)10-13(14)16/h4-5,10H,6-9,11,17H2,1-3H3. The van der Waals surface area contributed by atoms with Crippen LogP contribution in [0.5, 0.6) is 0 Å². The summed E-state index contributed by atoms with van der Waals surface area (Å²) in [5, 5.41) is 0. The number of nitrogens with zero attached hydrogens (tertiary/aromatic N) is 2. The third-order valence-corrected chi connectivity index (χ3v) is 4.10. The highest BCUT2D eigenvalue weighted by Crippen LogP contribution is 2.27. The lowest BCUT2D eigenvalue weighted by Crippen LogP contribution is -2.57. The van der Waals surface area contributed by atoms with Gasteiger partial charge in [0.2, 0.25) is 0 Å². The van der Waals surface area contributed by atoms with E-state index in [1.165, 1.54) is 0 Å². The lowest BCUT2D eigenvalue weighted by molar-refractivity contribution is 0.138. The summed E-state index contributed by atoms with van der Waals surface area (Å²) in [7, 11) is 2.12. The summed E-state index contributed by atoms with van der Waals surface area (Å²) in [6, 6.07) is 5.49. The van der Waals surface area contributed by atoms with Crippen molar-refractivity contribution in [2.75, 3.05) is 38.1 Å². The maximum absolute atomic E-state index is 14.2. The number of benzene rings is 1. The molecule has 0 saturated carbocycles. The van der Waals surface area contributed by atoms with Crippen LogP contribution in [0, 0.1) is 5.82 Å². The first-order valence-electron chi connectivity index (χ1n) is 6.89. The summed E-state index contributed by atoms with van der Waals surface area (Å²) in [6.45, 7) is 7.61. The number of nitrogens with two attached hydrogens (primary N) is 1. The zero-order valence-electron chi connectivity index (χ0n) is 12.1. The van der Waals surface area contributed by atoms with E-state index in [9.17, 15) is 4.39 Å². The number of piperazine rings is 1. The Morgan fingerprint density at radius 3 is 2.63 bits per heavy atom. The van der Waals surface area contributed by atoms with E-state index in [0.717, 1.165) is 31.6 Å². The number of hydrogen-bond acceptors (Lipinski definition) is 3. The maximum Gasteiger partial charge on any atom is 0.146 e. The van der Waals surface area contributed by atoms with Crippen LogP contribution in [-0.2, 0) is 6.42 Å². The summed E-state index contributed by atoms with van der Waals surface area (Å²) in [5.74, 6) is -0.133. The predicted molar refractivity (Wildman–Crippen MR) is 78.1 cm³/mol. The van der Waals surface area contributed by atoms with Crippen LogP contribution in [0.15, 0.2) is 18.2 Å². The van der Waals surface area contributed by atoms with Gasteiger partial charge in [-0.25, -0.2) is 4.39 Å². The van der Waals surface area contributed by atoms with Gasteiger partial charge in [-0.1, -0.05) is 6.07 Å². The summed E-state index contributed by atoms with van der Waals surface area (Å²) in [4.78, 5) is 4.46. The molecule has 0 spiro atoms. The second-order valence-electron chi connectivity index (χ2n) is 5.98. The molecule has 1 aromatic carbocycles. The van der Waals surface area contributed by atoms with Crippen LogP contribution >= 0.6 is 0 Å². The molecule has 1 aromatic rings. The highest BCUT2D eigenvalue weighted by molar-refractivity contribution is 5.50. The largest absolute Gasteiger partial charge is 0.366 e. The smallest absolute Gasteiger partial charge is 0.146 e. The van der Waals surface area contributed by atoms with Crippen molar-refractivity contribution in [2.45, 2.75) is 25.8 Å². The third-order valence-electron chi connectivity index (χ3n) is 4.10. The number of likely N-dealkylation sites (N-methyl/N-ethyl adjacent to an activating group) is 1. The zero-order valence-corrected chi connectivity index (χ0v) is 12.1. The fourth-order valence-corrected chi connectivity index (χ4v) is 2.57. The minimum Gasteiger partial charge on any atom is -0.366 e. The molecule has 0 amide bonds. The lowest BCUT2D eigenvalue weighted by atomic mass is 9.99. The molecule has 3 nitrogen and oxygen atoms in total. The highest BCUT2D eigenvalue weighted by atomic mass is 19.1. The minimum absolute atomic E-state index is 0.0701. The number of hydrogen-bond donors (Lipinski definition) is 1. The Bertz CT molecular complexity index is 445. The van der Waals surface area contributed by atoms with Gasteiger partial charge in [0, 0.05) is 25.2 Å². The van der Waals surface area contributed by atoms with Gasteiger partial charge in [0.1, 0.15) is 5.82 Å². The van der Waals surface area contributed by atoms with Crippen LogP contribution in [0.4, 0.5) is 10.1 Å². The molecule has 0 aromatic heterocycles. The van der Waals surface area contributed by atoms with Gasteiger partial charge >= 0.3 is 0 Å². The molecule has 0 aliphatic carbocycles. The van der Waals surface area contributed by atoms with Gasteiger partial charge in [-0.15, -0.1) is 0 Å². The van der Waals surface area contributed by atoms with Gasteiger partial charge < -0.3 is 10.6 Å². The van der Waals surface area contributed by atoms with Crippen molar-refractivity contribution in [3.8, 4) is 0 Å². The molecular formula is C15H24FN3. The molecule has 0 atom stereocenters. The Balaban J connectivity index is 2.18. The molecule has 1 aliphatic rings. The van der Waals surface area contributed by atoms with Gasteiger partial charge in [-0.3, -0.25) is 4.90 Å². The van der Waals surface area contributed by atoms with Crippen molar-refractivity contribution >= 4 is 5.69 Å². The van der Waals surface area contributed by atoms with E-state index in [1.54, 1.807) is 6.07 Å². The molecule has 2 N–H and O–H groups in total. The molecule has 106 valence electrons. The van der Waals surface area contributed by atoms with Crippen molar-refractivity contribution in [1.82, 2.24) is 4.90 Å². The molecule has 1 fully saturated rings. The fraction of sp³-hybridized carbons (Fsp3) is 0.600. The Labute approximate surface area is 115 Å². The SMILES string of the molecule is CN1CCN(c2ccc(CCN)cc2F)CC1(C)C. The number of halogens is 1. The van der Waals surface area contributed by atoms with Crippen LogP contribution in [0.3, 0.4) is 0 Å². The Kier molecular flexibility index (Phi) is 4.11. The van der Waals surface area contributed by atoms with E-state index >= 15 is 0 Å². The predicted octanol–water partition coefficient (Wildman–Crippen LogP) is 1.86. The average molecular weight is 265 g/mol. The Hall–Kier alpha value is -1.13. The monoisotopic (exact) mass is 265 g/mol. The van der Waals surface area contributed by atoms with Crippen LogP contribution < -0.4 is 10.6 Å². The molecule has 2 rings (SSSR count). The van der Waals surface area contributed by atoms with Crippen LogP contribution in [0.2, 0.25) is 0 Å². The van der Waals surface area contributed by atoms with E-state index in [2.05, 4.69) is 30.7 Å². The molecule has 0 bridgehead atoms. The zero-order chi connectivity index (χ0) is 14.0. The first-order valence-corrected chi connectivity index (χ1v) is 6.89. The Morgan fingerprint density at radius 1 is 1.32 bits per heavy atom. The topological polar surface area (TPSA) is 32.5 Å². The maximum atomic E-state index is 14.2. The quantitative estimate of drug-likeness (QED) is 0.905. The van der Waals surface area contributed by atoms with Crippen molar-refractivity contribution in [2.24, 2.45) is 5.73 Å². The lowest BCUT2D eigenvalue weighted by Gasteiger charge is -2.46. The first kappa shape index (κ1) is 14.3. The van der Waals surface area contributed by atoms with Crippen molar-refractivity contribution < 1.29 is 4.39 Å². The molecule has 1 heterocycles. The summed E-state index contributed by atoms with van der Waals surface area (Å²) >= 11 is 0. The molecule has 0 radical (unpaired) electrons. The van der Waals surface area contributed by atoms with E-state index in [-0.39, 0.29) is 11.4 Å². The molecule has 19 heavy (non-hydrogen) atoms. The van der Waals surface area contributed by atoms with E-state index in [1.807, 2.05) is 12.1 Å². The average Bonchev–Trinajstić information content (AvgIpc) is 2.33. The van der Waals surface area contributed by atoms with E-state index in [0.29, 0.717) is 12.2 Å². The minimum atomic E-state index is -0.133. The van der Waals surface area contributed by atoms with Crippen LogP contribution in [-0.4, -0.2) is 43.7 Å². The molecule has 0 unspecified atom stereocenters. The summed E-state index contributed by atoms with van der Waals surface area (Å²) in [6.07, 6.45) is 0.728. The second kappa shape index (κ2) is 5.47. The van der Waals surface area contributed by atoms with Crippen LogP contribution in [0.1, 0.15) is 19.4 Å². The first-order chi connectivity index (χ1) is 8.94. The van der Waals surface area contributed by atoms with Crippen molar-refractivity contribution in [1.29, 1.82) is 0 Å². The molecule has 1 saturated heterocycles. The van der Waals surface area contributed by atoms with Gasteiger partial charge in [0.25, 0.3) is 0 Å². The normalized spacial score (nSPS) is 19.7. The van der Waals surface area contributed by atoms with Gasteiger partial charge in [0.05, 0.1) is 5.69 Å². The molecular weight excluding hydrogens is 241 g/mol. The van der Waals surface area contributed by atoms with Gasteiger partial charge in [-0.05, 0) is 51.6 Å². The third kappa shape index (κ3) is 3.07. The number of anilines is 1. The van der Waals surface area contributed by atoms with Crippen LogP contribution in [0.25, 0.3) is 0 Å². The van der Waals surface area contributed by atoms with E-state index < -0.39 is 0 Å². The van der Waals surface area contributed by atoms with Crippen molar-refractivity contribution in [3.05, 3.63) is 29.6 Å². The number of rotatable bonds is 3. The molecule has 1 aliphatic heterocycles. The molecule has 4 heteroatoms. The summed E-state index contributed by atoms with van der Waals surface area (Å²) in [5.41, 5.74) is 7.25. The van der Waals surface area contributed by atoms with Crippen molar-refractivity contribution in [3.63, 3.8) is 0 Å². The fourth-order valence-electron chi connectivity index (χ4n) is 2.57. The summed E-state index contributed by atoms with van der Waals surface area (Å²) < 4.78 is 14.2.